The van der Waals surface area contributed by atoms with Crippen molar-refractivity contribution in [3.05, 3.63) is 72.1 Å². The van der Waals surface area contributed by atoms with E-state index in [4.69, 9.17) is 0 Å². The molecule has 3 nitrogen and oxygen atoms in total. The van der Waals surface area contributed by atoms with Gasteiger partial charge < -0.3 is 9.88 Å². The van der Waals surface area contributed by atoms with Crippen molar-refractivity contribution in [3.63, 3.8) is 0 Å². The topological polar surface area (TPSA) is 31.9 Å². The van der Waals surface area contributed by atoms with Gasteiger partial charge in [0.1, 0.15) is 5.82 Å². The van der Waals surface area contributed by atoms with Gasteiger partial charge in [-0.3, -0.25) is 0 Å². The van der Waals surface area contributed by atoms with Crippen molar-refractivity contribution >= 4 is 5.69 Å². The molecule has 3 aromatic rings. The molecule has 0 bridgehead atoms. The van der Waals surface area contributed by atoms with Crippen LogP contribution >= 0.6 is 0 Å². The number of imidazole rings is 1. The number of rotatable bonds is 5. The highest BCUT2D eigenvalue weighted by molar-refractivity contribution is 5.60. The van der Waals surface area contributed by atoms with Crippen LogP contribution in [-0.4, -0.2) is 24.1 Å². The summed E-state index contributed by atoms with van der Waals surface area (Å²) in [4.78, 5) is 10.0. The average molecular weight is 291 g/mol. The Kier molecular flexibility index (Phi) is 4.24. The van der Waals surface area contributed by atoms with E-state index in [2.05, 4.69) is 69.5 Å². The molecule has 0 spiro atoms. The highest BCUT2D eigenvalue weighted by Crippen LogP contribution is 2.20. The molecule has 2 aromatic carbocycles. The van der Waals surface area contributed by atoms with Crippen LogP contribution in [0.2, 0.25) is 0 Å². The van der Waals surface area contributed by atoms with Crippen molar-refractivity contribution in [2.24, 2.45) is 0 Å². The Balaban J connectivity index is 1.68. The number of hydrogen-bond acceptors (Lipinski definition) is 2. The molecule has 1 heterocycles. The molecule has 3 rings (SSSR count). The minimum atomic E-state index is 0.938. The summed E-state index contributed by atoms with van der Waals surface area (Å²) in [5, 5.41) is 0. The maximum Gasteiger partial charge on any atom is 0.137 e. The van der Waals surface area contributed by atoms with Gasteiger partial charge in [-0.1, -0.05) is 30.3 Å². The molecule has 0 unspecified atom stereocenters. The number of anilines is 1. The Hall–Kier alpha value is -2.55. The molecule has 0 aliphatic rings. The molecule has 0 saturated carbocycles. The average Bonchev–Trinajstić information content (AvgIpc) is 3.03. The molecular formula is C19H21N3. The monoisotopic (exact) mass is 291 g/mol. The summed E-state index contributed by atoms with van der Waals surface area (Å²) in [7, 11) is 4.09. The fourth-order valence-electron chi connectivity index (χ4n) is 2.47. The molecule has 0 saturated heterocycles. The van der Waals surface area contributed by atoms with Crippen molar-refractivity contribution in [1.82, 2.24) is 9.97 Å². The number of nitrogens with one attached hydrogen (secondary N) is 1. The number of aromatic nitrogens is 2. The van der Waals surface area contributed by atoms with E-state index in [1.165, 1.54) is 16.9 Å². The Morgan fingerprint density at radius 2 is 1.64 bits per heavy atom. The van der Waals surface area contributed by atoms with Crippen LogP contribution in [0.5, 0.6) is 0 Å². The predicted octanol–water partition coefficient (Wildman–Crippen LogP) is 3.93. The second kappa shape index (κ2) is 6.48. The van der Waals surface area contributed by atoms with E-state index >= 15 is 0 Å². The normalized spacial score (nSPS) is 10.6. The van der Waals surface area contributed by atoms with Gasteiger partial charge >= 0.3 is 0 Å². The van der Waals surface area contributed by atoms with Crippen molar-refractivity contribution < 1.29 is 0 Å². The second-order valence-electron chi connectivity index (χ2n) is 5.68. The first kappa shape index (κ1) is 14.4. The molecule has 0 aliphatic carbocycles. The Labute approximate surface area is 131 Å². The van der Waals surface area contributed by atoms with Crippen LogP contribution < -0.4 is 4.90 Å². The van der Waals surface area contributed by atoms with E-state index in [9.17, 15) is 0 Å². The summed E-state index contributed by atoms with van der Waals surface area (Å²) in [6.45, 7) is 0. The molecule has 1 aromatic heterocycles. The van der Waals surface area contributed by atoms with Crippen molar-refractivity contribution in [2.45, 2.75) is 12.8 Å². The van der Waals surface area contributed by atoms with Gasteiger partial charge in [0.25, 0.3) is 0 Å². The Morgan fingerprint density at radius 1 is 0.909 bits per heavy atom. The first-order valence-corrected chi connectivity index (χ1v) is 7.58. The lowest BCUT2D eigenvalue weighted by molar-refractivity contribution is 0.926. The van der Waals surface area contributed by atoms with E-state index in [0.29, 0.717) is 0 Å². The van der Waals surface area contributed by atoms with Gasteiger partial charge in [0.2, 0.25) is 0 Å². The molecule has 0 atom stereocenters. The maximum atomic E-state index is 4.50. The van der Waals surface area contributed by atoms with Gasteiger partial charge in [0, 0.05) is 37.2 Å². The third-order valence-corrected chi connectivity index (χ3v) is 3.81. The van der Waals surface area contributed by atoms with Crippen LogP contribution in [0, 0.1) is 0 Å². The highest BCUT2D eigenvalue weighted by Gasteiger charge is 2.04. The SMILES string of the molecule is CN(C)c1ccc(-c2ncc(CCc3ccccc3)[nH]2)cc1. The standard InChI is InChI=1S/C19H21N3/c1-22(2)18-12-9-16(10-13-18)19-20-14-17(21-19)11-8-15-6-4-3-5-7-15/h3-7,9-10,12-14H,8,11H2,1-2H3,(H,20,21). The molecule has 3 heteroatoms. The van der Waals surface area contributed by atoms with Crippen LogP contribution in [-0.2, 0) is 12.8 Å². The third-order valence-electron chi connectivity index (χ3n) is 3.81. The van der Waals surface area contributed by atoms with E-state index in [-0.39, 0.29) is 0 Å². The molecule has 0 amide bonds. The lowest BCUT2D eigenvalue weighted by Gasteiger charge is -2.12. The summed E-state index contributed by atoms with van der Waals surface area (Å²) in [5.74, 6) is 0.938. The number of nitrogens with zero attached hydrogens (tertiary/aromatic N) is 2. The Morgan fingerprint density at radius 3 is 2.32 bits per heavy atom. The van der Waals surface area contributed by atoms with Gasteiger partial charge in [-0.2, -0.15) is 0 Å². The minimum Gasteiger partial charge on any atom is -0.378 e. The molecule has 22 heavy (non-hydrogen) atoms. The van der Waals surface area contributed by atoms with E-state index in [1.807, 2.05) is 20.3 Å². The van der Waals surface area contributed by atoms with Crippen LogP contribution in [0.25, 0.3) is 11.4 Å². The molecule has 0 radical (unpaired) electrons. The van der Waals surface area contributed by atoms with E-state index in [0.717, 1.165) is 24.2 Å². The highest BCUT2D eigenvalue weighted by atomic mass is 15.1. The summed E-state index contributed by atoms with van der Waals surface area (Å²) in [6, 6.07) is 19.0. The molecule has 1 N–H and O–H groups in total. The first-order chi connectivity index (χ1) is 10.7. The molecule has 0 fully saturated rings. The molecular weight excluding hydrogens is 270 g/mol. The summed E-state index contributed by atoms with van der Waals surface area (Å²) >= 11 is 0. The number of aryl methyl sites for hydroxylation is 2. The fraction of sp³-hybridized carbons (Fsp3) is 0.211. The molecule has 112 valence electrons. The van der Waals surface area contributed by atoms with Crippen molar-refractivity contribution in [2.75, 3.05) is 19.0 Å². The van der Waals surface area contributed by atoms with Gasteiger partial charge in [-0.05, 0) is 42.7 Å². The number of benzene rings is 2. The van der Waals surface area contributed by atoms with Gasteiger partial charge in [-0.15, -0.1) is 0 Å². The van der Waals surface area contributed by atoms with Crippen molar-refractivity contribution in [1.29, 1.82) is 0 Å². The number of hydrogen-bond donors (Lipinski definition) is 1. The smallest absolute Gasteiger partial charge is 0.137 e. The summed E-state index contributed by atoms with van der Waals surface area (Å²) < 4.78 is 0. The zero-order valence-corrected chi connectivity index (χ0v) is 13.1. The van der Waals surface area contributed by atoms with Crippen LogP contribution in [0.15, 0.2) is 60.8 Å². The first-order valence-electron chi connectivity index (χ1n) is 7.58. The second-order valence-corrected chi connectivity index (χ2v) is 5.68. The minimum absolute atomic E-state index is 0.938. The zero-order chi connectivity index (χ0) is 15.4. The van der Waals surface area contributed by atoms with E-state index < -0.39 is 0 Å². The molecule has 0 aliphatic heterocycles. The third kappa shape index (κ3) is 3.37. The number of aromatic amines is 1. The van der Waals surface area contributed by atoms with Crippen LogP contribution in [0.3, 0.4) is 0 Å². The van der Waals surface area contributed by atoms with Crippen LogP contribution in [0.1, 0.15) is 11.3 Å². The lowest BCUT2D eigenvalue weighted by Crippen LogP contribution is -2.07. The van der Waals surface area contributed by atoms with Crippen LogP contribution in [0.4, 0.5) is 5.69 Å². The van der Waals surface area contributed by atoms with E-state index in [1.54, 1.807) is 0 Å². The quantitative estimate of drug-likeness (QED) is 0.772. The Bertz CT molecular complexity index is 712. The lowest BCUT2D eigenvalue weighted by atomic mass is 10.1. The van der Waals surface area contributed by atoms with Gasteiger partial charge in [0.05, 0.1) is 0 Å². The largest absolute Gasteiger partial charge is 0.378 e. The van der Waals surface area contributed by atoms with Crippen molar-refractivity contribution in [3.8, 4) is 11.4 Å². The predicted molar refractivity (Wildman–Crippen MR) is 92.2 cm³/mol. The van der Waals surface area contributed by atoms with Gasteiger partial charge in [0.15, 0.2) is 0 Å². The van der Waals surface area contributed by atoms with Gasteiger partial charge in [-0.25, -0.2) is 4.98 Å². The zero-order valence-electron chi connectivity index (χ0n) is 13.1. The number of H-pyrrole nitrogens is 1. The summed E-state index contributed by atoms with van der Waals surface area (Å²) in [6.07, 6.45) is 3.95. The fourth-order valence-corrected chi connectivity index (χ4v) is 2.47. The maximum absolute atomic E-state index is 4.50. The summed E-state index contributed by atoms with van der Waals surface area (Å²) in [5.41, 5.74) is 4.85.